The quantitative estimate of drug-likeness (QED) is 0.689. The van der Waals surface area contributed by atoms with E-state index in [-0.39, 0.29) is 30.8 Å². The third-order valence-electron chi connectivity index (χ3n) is 4.35. The number of hydrogen-bond donors (Lipinski definition) is 2. The van der Waals surface area contributed by atoms with Crippen LogP contribution in [0, 0.1) is 5.41 Å². The Balaban J connectivity index is 0.00000338. The number of alkyl halides is 4. The van der Waals surface area contributed by atoms with Crippen molar-refractivity contribution in [2.75, 3.05) is 32.8 Å². The van der Waals surface area contributed by atoms with Gasteiger partial charge in [-0.3, -0.25) is 4.90 Å². The molecule has 1 atom stereocenters. The molecule has 4 nitrogen and oxygen atoms in total. The molecule has 0 bridgehead atoms. The molecule has 0 aromatic heterocycles. The highest BCUT2D eigenvalue weighted by Crippen LogP contribution is 2.40. The Kier molecular flexibility index (Phi) is 8.13. The van der Waals surface area contributed by atoms with E-state index in [1.807, 2.05) is 13.8 Å². The SMILES string of the molecule is CC(C)(CO)[C@H](c1cccc(OC(F)(F)C(F)F)c1)N1CCNCC1.Cl. The summed E-state index contributed by atoms with van der Waals surface area (Å²) >= 11 is 0. The molecule has 0 unspecified atom stereocenters. The zero-order valence-electron chi connectivity index (χ0n) is 14.7. The van der Waals surface area contributed by atoms with Crippen molar-refractivity contribution in [3.05, 3.63) is 29.8 Å². The van der Waals surface area contributed by atoms with E-state index in [2.05, 4.69) is 15.0 Å². The van der Waals surface area contributed by atoms with E-state index >= 15 is 0 Å². The third-order valence-corrected chi connectivity index (χ3v) is 4.35. The van der Waals surface area contributed by atoms with Gasteiger partial charge in [0.15, 0.2) is 0 Å². The molecule has 0 aliphatic carbocycles. The van der Waals surface area contributed by atoms with Gasteiger partial charge in [0.1, 0.15) is 5.75 Å². The smallest absolute Gasteiger partial charge is 0.428 e. The molecular formula is C17H25ClF4N2O2. The molecule has 2 rings (SSSR count). The van der Waals surface area contributed by atoms with Gasteiger partial charge in [-0.1, -0.05) is 26.0 Å². The van der Waals surface area contributed by atoms with E-state index in [1.165, 1.54) is 18.2 Å². The number of nitrogens with zero attached hydrogens (tertiary/aromatic N) is 1. The normalized spacial score (nSPS) is 17.7. The van der Waals surface area contributed by atoms with Crippen LogP contribution >= 0.6 is 12.4 Å². The molecule has 1 heterocycles. The van der Waals surface area contributed by atoms with Crippen LogP contribution in [0.15, 0.2) is 24.3 Å². The lowest BCUT2D eigenvalue weighted by molar-refractivity contribution is -0.253. The van der Waals surface area contributed by atoms with Crippen LogP contribution in [0.1, 0.15) is 25.5 Å². The van der Waals surface area contributed by atoms with E-state index < -0.39 is 17.9 Å². The molecule has 0 saturated carbocycles. The van der Waals surface area contributed by atoms with Crippen LogP contribution < -0.4 is 10.1 Å². The minimum Gasteiger partial charge on any atom is -0.428 e. The first-order chi connectivity index (χ1) is 11.7. The van der Waals surface area contributed by atoms with Gasteiger partial charge >= 0.3 is 12.5 Å². The zero-order valence-corrected chi connectivity index (χ0v) is 15.5. The molecular weight excluding hydrogens is 376 g/mol. The van der Waals surface area contributed by atoms with Crippen LogP contribution in [-0.2, 0) is 0 Å². The molecule has 1 aliphatic heterocycles. The number of nitrogens with one attached hydrogen (secondary N) is 1. The molecule has 150 valence electrons. The number of rotatable bonds is 7. The highest BCUT2D eigenvalue weighted by molar-refractivity contribution is 5.85. The van der Waals surface area contributed by atoms with Gasteiger partial charge in [-0.25, -0.2) is 0 Å². The Labute approximate surface area is 156 Å². The first-order valence-corrected chi connectivity index (χ1v) is 8.18. The third kappa shape index (κ3) is 5.45. The Morgan fingerprint density at radius 2 is 1.85 bits per heavy atom. The van der Waals surface area contributed by atoms with Gasteiger partial charge in [0.25, 0.3) is 0 Å². The van der Waals surface area contributed by atoms with Crippen molar-refractivity contribution in [1.82, 2.24) is 10.2 Å². The zero-order chi connectivity index (χ0) is 18.7. The van der Waals surface area contributed by atoms with Crippen molar-refractivity contribution >= 4 is 12.4 Å². The van der Waals surface area contributed by atoms with Crippen LogP contribution in [-0.4, -0.2) is 55.3 Å². The summed E-state index contributed by atoms with van der Waals surface area (Å²) in [6, 6.07) is 5.54. The minimum absolute atomic E-state index is 0. The lowest BCUT2D eigenvalue weighted by Gasteiger charge is -2.43. The van der Waals surface area contributed by atoms with Crippen LogP contribution in [0.2, 0.25) is 0 Å². The predicted molar refractivity (Wildman–Crippen MR) is 93.3 cm³/mol. The second-order valence-electron chi connectivity index (χ2n) is 6.87. The van der Waals surface area contributed by atoms with E-state index in [4.69, 9.17) is 0 Å². The number of aliphatic hydroxyl groups excluding tert-OH is 1. The highest BCUT2D eigenvalue weighted by atomic mass is 35.5. The van der Waals surface area contributed by atoms with Crippen molar-refractivity contribution in [2.24, 2.45) is 5.41 Å². The van der Waals surface area contributed by atoms with Crippen molar-refractivity contribution in [2.45, 2.75) is 32.4 Å². The molecule has 2 N–H and O–H groups in total. The van der Waals surface area contributed by atoms with Gasteiger partial charge in [0, 0.05) is 44.2 Å². The van der Waals surface area contributed by atoms with Gasteiger partial charge in [-0.15, -0.1) is 12.4 Å². The average molecular weight is 401 g/mol. The maximum atomic E-state index is 13.2. The van der Waals surface area contributed by atoms with E-state index in [9.17, 15) is 22.7 Å². The van der Waals surface area contributed by atoms with Crippen molar-refractivity contribution in [1.29, 1.82) is 0 Å². The van der Waals surface area contributed by atoms with E-state index in [0.717, 1.165) is 26.2 Å². The summed E-state index contributed by atoms with van der Waals surface area (Å²) in [6.07, 6.45) is -8.45. The number of aliphatic hydroxyl groups is 1. The fraction of sp³-hybridized carbons (Fsp3) is 0.647. The first-order valence-electron chi connectivity index (χ1n) is 8.18. The van der Waals surface area contributed by atoms with Gasteiger partial charge < -0.3 is 15.2 Å². The molecule has 0 spiro atoms. The average Bonchev–Trinajstić information content (AvgIpc) is 2.55. The summed E-state index contributed by atoms with van der Waals surface area (Å²) in [6.45, 7) is 6.65. The minimum atomic E-state index is -4.55. The number of halogens is 5. The Bertz CT molecular complexity index is 569. The highest BCUT2D eigenvalue weighted by Gasteiger charge is 2.44. The fourth-order valence-corrected chi connectivity index (χ4v) is 3.13. The second kappa shape index (κ2) is 9.21. The molecule has 9 heteroatoms. The van der Waals surface area contributed by atoms with Crippen LogP contribution in [0.4, 0.5) is 17.6 Å². The van der Waals surface area contributed by atoms with Crippen molar-refractivity contribution in [3.8, 4) is 5.75 Å². The lowest BCUT2D eigenvalue weighted by atomic mass is 9.79. The summed E-state index contributed by atoms with van der Waals surface area (Å²) in [5.41, 5.74) is 0.0878. The topological polar surface area (TPSA) is 44.7 Å². The molecule has 0 radical (unpaired) electrons. The molecule has 1 aliphatic rings. The maximum Gasteiger partial charge on any atom is 0.461 e. The largest absolute Gasteiger partial charge is 0.461 e. The molecule has 1 aromatic carbocycles. The Morgan fingerprint density at radius 1 is 1.23 bits per heavy atom. The van der Waals surface area contributed by atoms with Gasteiger partial charge in [-0.05, 0) is 17.7 Å². The van der Waals surface area contributed by atoms with Gasteiger partial charge in [0.05, 0.1) is 0 Å². The van der Waals surface area contributed by atoms with Crippen LogP contribution in [0.5, 0.6) is 5.75 Å². The lowest BCUT2D eigenvalue weighted by Crippen LogP contribution is -2.49. The molecule has 1 aromatic rings. The molecule has 1 saturated heterocycles. The van der Waals surface area contributed by atoms with Crippen molar-refractivity contribution < 1.29 is 27.4 Å². The van der Waals surface area contributed by atoms with Crippen molar-refractivity contribution in [3.63, 3.8) is 0 Å². The van der Waals surface area contributed by atoms with Gasteiger partial charge in [0.2, 0.25) is 0 Å². The fourth-order valence-electron chi connectivity index (χ4n) is 3.13. The molecule has 0 amide bonds. The van der Waals surface area contributed by atoms with E-state index in [0.29, 0.717) is 5.56 Å². The monoisotopic (exact) mass is 400 g/mol. The summed E-state index contributed by atoms with van der Waals surface area (Å²) in [5.74, 6) is -0.323. The van der Waals surface area contributed by atoms with Crippen LogP contribution in [0.3, 0.4) is 0 Å². The molecule has 26 heavy (non-hydrogen) atoms. The standard InChI is InChI=1S/C17H24F4N2O2.ClH/c1-16(2,11-24)14(23-8-6-22-7-9-23)12-4-3-5-13(10-12)25-17(20,21)15(18)19;/h3-5,10,14-15,22,24H,6-9,11H2,1-2H3;1H/t14-;/m0./s1. The summed E-state index contributed by atoms with van der Waals surface area (Å²) < 4.78 is 55.3. The number of benzene rings is 1. The summed E-state index contributed by atoms with van der Waals surface area (Å²) in [7, 11) is 0. The summed E-state index contributed by atoms with van der Waals surface area (Å²) in [5, 5.41) is 13.0. The second-order valence-corrected chi connectivity index (χ2v) is 6.87. The number of ether oxygens (including phenoxy) is 1. The maximum absolute atomic E-state index is 13.2. The van der Waals surface area contributed by atoms with E-state index in [1.54, 1.807) is 6.07 Å². The van der Waals surface area contributed by atoms with Crippen LogP contribution in [0.25, 0.3) is 0 Å². The Morgan fingerprint density at radius 3 is 2.38 bits per heavy atom. The number of hydrogen-bond acceptors (Lipinski definition) is 4. The Hall–Kier alpha value is -1.09. The first kappa shape index (κ1) is 23.0. The number of piperazine rings is 1. The molecule has 1 fully saturated rings. The predicted octanol–water partition coefficient (Wildman–Crippen LogP) is 3.31. The van der Waals surface area contributed by atoms with Gasteiger partial charge in [-0.2, -0.15) is 17.6 Å². The summed E-state index contributed by atoms with van der Waals surface area (Å²) in [4.78, 5) is 2.15.